The average Bonchev–Trinajstić information content (AvgIpc) is 2.81. The van der Waals surface area contributed by atoms with E-state index in [1.54, 1.807) is 0 Å². The second kappa shape index (κ2) is 7.02. The Labute approximate surface area is 162 Å². The number of amides is 1. The van der Waals surface area contributed by atoms with Crippen molar-refractivity contribution < 1.29 is 31.7 Å². The number of hydrogen-bond donors (Lipinski definition) is 0. The number of carbonyl (C=O) groups excluding carboxylic acids is 1. The first kappa shape index (κ1) is 21.1. The minimum absolute atomic E-state index is 0.0403. The molecule has 2 aliphatic heterocycles. The summed E-state index contributed by atoms with van der Waals surface area (Å²) in [6, 6.07) is 1.89. The first-order chi connectivity index (χ1) is 12.8. The SMILES string of the molecule is CC1(C)OB(c2ccc(C(=O)N3CCCCC3C(F)(F)F)c(F)c2)OC1(C)C. The van der Waals surface area contributed by atoms with E-state index in [0.29, 0.717) is 18.3 Å². The van der Waals surface area contributed by atoms with Crippen molar-refractivity contribution in [3.8, 4) is 0 Å². The molecule has 1 amide bonds. The van der Waals surface area contributed by atoms with E-state index in [1.165, 1.54) is 12.1 Å². The average molecular weight is 401 g/mol. The van der Waals surface area contributed by atoms with E-state index >= 15 is 0 Å². The highest BCUT2D eigenvalue weighted by atomic mass is 19.4. The van der Waals surface area contributed by atoms with E-state index in [1.807, 2.05) is 27.7 Å². The summed E-state index contributed by atoms with van der Waals surface area (Å²) in [4.78, 5) is 13.4. The van der Waals surface area contributed by atoms with Crippen molar-refractivity contribution in [2.75, 3.05) is 6.54 Å². The molecular weight excluding hydrogens is 377 g/mol. The van der Waals surface area contributed by atoms with Gasteiger partial charge >= 0.3 is 13.3 Å². The molecule has 0 aromatic heterocycles. The van der Waals surface area contributed by atoms with Crippen molar-refractivity contribution in [1.82, 2.24) is 4.90 Å². The first-order valence-corrected chi connectivity index (χ1v) is 9.36. The Bertz CT molecular complexity index is 750. The zero-order valence-electron chi connectivity index (χ0n) is 16.4. The number of rotatable bonds is 2. The van der Waals surface area contributed by atoms with Crippen molar-refractivity contribution in [1.29, 1.82) is 0 Å². The van der Waals surface area contributed by atoms with Crippen molar-refractivity contribution in [2.24, 2.45) is 0 Å². The molecule has 0 spiro atoms. The van der Waals surface area contributed by atoms with E-state index in [-0.39, 0.29) is 18.5 Å². The summed E-state index contributed by atoms with van der Waals surface area (Å²) in [5, 5.41) is 0. The molecule has 0 aliphatic carbocycles. The number of hydrogen-bond acceptors (Lipinski definition) is 3. The smallest absolute Gasteiger partial charge is 0.399 e. The van der Waals surface area contributed by atoms with E-state index in [2.05, 4.69) is 0 Å². The lowest BCUT2D eigenvalue weighted by Gasteiger charge is -2.36. The van der Waals surface area contributed by atoms with Gasteiger partial charge in [0.25, 0.3) is 5.91 Å². The second-order valence-electron chi connectivity index (χ2n) is 8.38. The summed E-state index contributed by atoms with van der Waals surface area (Å²) in [7, 11) is -0.818. The molecule has 2 saturated heterocycles. The standard InChI is InChI=1S/C19H24BF4NO3/c1-17(2)18(3,4)28-20(27-17)12-8-9-13(14(21)11-12)16(26)25-10-6-5-7-15(25)19(22,23)24/h8-9,11,15H,5-7,10H2,1-4H3. The summed E-state index contributed by atoms with van der Waals surface area (Å²) < 4.78 is 66.2. The van der Waals surface area contributed by atoms with Crippen LogP contribution in [-0.4, -0.2) is 47.9 Å². The van der Waals surface area contributed by atoms with Gasteiger partial charge in [-0.3, -0.25) is 4.79 Å². The van der Waals surface area contributed by atoms with Gasteiger partial charge in [0.05, 0.1) is 16.8 Å². The molecule has 1 atom stereocenters. The molecule has 0 radical (unpaired) electrons. The van der Waals surface area contributed by atoms with Crippen LogP contribution in [0, 0.1) is 5.82 Å². The highest BCUT2D eigenvalue weighted by Gasteiger charge is 2.52. The van der Waals surface area contributed by atoms with Crippen molar-refractivity contribution in [2.45, 2.75) is 70.4 Å². The molecule has 9 heteroatoms. The predicted octanol–water partition coefficient (Wildman–Crippen LogP) is 3.68. The van der Waals surface area contributed by atoms with Gasteiger partial charge in [0.2, 0.25) is 0 Å². The van der Waals surface area contributed by atoms with Gasteiger partial charge in [-0.1, -0.05) is 6.07 Å². The molecule has 28 heavy (non-hydrogen) atoms. The lowest BCUT2D eigenvalue weighted by molar-refractivity contribution is -0.183. The molecule has 0 N–H and O–H groups in total. The lowest BCUT2D eigenvalue weighted by atomic mass is 9.78. The number of carbonyl (C=O) groups is 1. The number of halogens is 4. The summed E-state index contributed by atoms with van der Waals surface area (Å²) in [6.45, 7) is 7.38. The maximum absolute atomic E-state index is 14.7. The van der Waals surface area contributed by atoms with Gasteiger partial charge < -0.3 is 14.2 Å². The third kappa shape index (κ3) is 3.78. The van der Waals surface area contributed by atoms with Crippen molar-refractivity contribution in [3.63, 3.8) is 0 Å². The monoisotopic (exact) mass is 401 g/mol. The van der Waals surface area contributed by atoms with E-state index in [4.69, 9.17) is 9.31 Å². The quantitative estimate of drug-likeness (QED) is 0.561. The van der Waals surface area contributed by atoms with Crippen LogP contribution in [0.15, 0.2) is 18.2 Å². The van der Waals surface area contributed by atoms with Crippen LogP contribution in [0.1, 0.15) is 57.3 Å². The molecule has 2 heterocycles. The maximum atomic E-state index is 14.7. The number of piperidine rings is 1. The third-order valence-corrected chi connectivity index (χ3v) is 5.89. The predicted molar refractivity (Wildman–Crippen MR) is 96.8 cm³/mol. The summed E-state index contributed by atoms with van der Waals surface area (Å²) >= 11 is 0. The summed E-state index contributed by atoms with van der Waals surface area (Å²) in [6.07, 6.45) is -3.85. The third-order valence-electron chi connectivity index (χ3n) is 5.89. The first-order valence-electron chi connectivity index (χ1n) is 9.36. The highest BCUT2D eigenvalue weighted by Crippen LogP contribution is 2.37. The zero-order valence-corrected chi connectivity index (χ0v) is 16.4. The largest absolute Gasteiger partial charge is 0.494 e. The minimum Gasteiger partial charge on any atom is -0.399 e. The van der Waals surface area contributed by atoms with Crippen LogP contribution in [0.2, 0.25) is 0 Å². The molecule has 1 aromatic carbocycles. The Morgan fingerprint density at radius 2 is 1.75 bits per heavy atom. The van der Waals surface area contributed by atoms with E-state index < -0.39 is 42.3 Å². The second-order valence-corrected chi connectivity index (χ2v) is 8.38. The highest BCUT2D eigenvalue weighted by molar-refractivity contribution is 6.62. The van der Waals surface area contributed by atoms with E-state index in [0.717, 1.165) is 11.0 Å². The van der Waals surface area contributed by atoms with Crippen LogP contribution in [0.4, 0.5) is 17.6 Å². The van der Waals surface area contributed by atoms with Gasteiger partial charge in [-0.2, -0.15) is 13.2 Å². The fourth-order valence-electron chi connectivity index (χ4n) is 3.50. The zero-order chi connectivity index (χ0) is 20.9. The molecule has 1 aromatic rings. The Hall–Kier alpha value is -1.61. The maximum Gasteiger partial charge on any atom is 0.494 e. The molecule has 0 saturated carbocycles. The Kier molecular flexibility index (Phi) is 5.29. The lowest BCUT2D eigenvalue weighted by Crippen LogP contribution is -2.51. The molecule has 2 fully saturated rings. The van der Waals surface area contributed by atoms with Crippen LogP contribution in [-0.2, 0) is 9.31 Å². The fraction of sp³-hybridized carbons (Fsp3) is 0.632. The van der Waals surface area contributed by atoms with Crippen LogP contribution >= 0.6 is 0 Å². The van der Waals surface area contributed by atoms with Crippen LogP contribution in [0.25, 0.3) is 0 Å². The van der Waals surface area contributed by atoms with Gasteiger partial charge in [-0.15, -0.1) is 0 Å². The fourth-order valence-corrected chi connectivity index (χ4v) is 3.50. The summed E-state index contributed by atoms with van der Waals surface area (Å²) in [5.41, 5.74) is -1.23. The molecule has 0 bridgehead atoms. The van der Waals surface area contributed by atoms with Gasteiger partial charge in [-0.25, -0.2) is 4.39 Å². The number of alkyl halides is 3. The molecular formula is C19H24BF4NO3. The molecule has 3 rings (SSSR count). The number of benzene rings is 1. The summed E-state index contributed by atoms with van der Waals surface area (Å²) in [5.74, 6) is -1.83. The van der Waals surface area contributed by atoms with Crippen molar-refractivity contribution >= 4 is 18.5 Å². The van der Waals surface area contributed by atoms with Gasteiger partial charge in [-0.05, 0) is 64.6 Å². The van der Waals surface area contributed by atoms with Crippen LogP contribution in [0.3, 0.4) is 0 Å². The number of nitrogens with zero attached hydrogens (tertiary/aromatic N) is 1. The van der Waals surface area contributed by atoms with Crippen LogP contribution < -0.4 is 5.46 Å². The molecule has 1 unspecified atom stereocenters. The van der Waals surface area contributed by atoms with Gasteiger partial charge in [0, 0.05) is 6.54 Å². The minimum atomic E-state index is -4.53. The topological polar surface area (TPSA) is 38.8 Å². The number of likely N-dealkylation sites (tertiary alicyclic amines) is 1. The van der Waals surface area contributed by atoms with Crippen molar-refractivity contribution in [3.05, 3.63) is 29.6 Å². The Morgan fingerprint density at radius 1 is 1.14 bits per heavy atom. The van der Waals surface area contributed by atoms with E-state index in [9.17, 15) is 22.4 Å². The van der Waals surface area contributed by atoms with Gasteiger partial charge in [0.15, 0.2) is 0 Å². The molecule has 4 nitrogen and oxygen atoms in total. The van der Waals surface area contributed by atoms with Gasteiger partial charge in [0.1, 0.15) is 11.9 Å². The van der Waals surface area contributed by atoms with Crippen LogP contribution in [0.5, 0.6) is 0 Å². The Morgan fingerprint density at radius 3 is 2.29 bits per heavy atom. The molecule has 2 aliphatic rings. The molecule has 154 valence electrons. The Balaban J connectivity index is 1.84. The normalized spacial score (nSPS) is 24.5.